The fraction of sp³-hybridized carbons (Fsp3) is 0.130. The molecule has 0 fully saturated rings. The molecule has 0 heterocycles. The van der Waals surface area contributed by atoms with Gasteiger partial charge in [-0.2, -0.15) is 0 Å². The molecule has 0 amide bonds. The average Bonchev–Trinajstić information content (AvgIpc) is 3.48. The first-order chi connectivity index (χ1) is 23.1. The number of fused-ring (bicyclic) bond motifs is 8. The van der Waals surface area contributed by atoms with E-state index >= 15 is 0 Å². The molecule has 230 valence electrons. The van der Waals surface area contributed by atoms with E-state index in [0.717, 1.165) is 21.5 Å². The standard InChI is InChI=1S/C46H34O2/c1-45(2)39-23-33(43(47)31-15-13-27-9-5-7-11-29(27)21-31)17-19-35(39)37-26-42-38(25-41(37)45)36-20-18-34(24-40(36)46(42,3)4)44(48)32-16-14-28-10-6-8-12-30(28)22-32/h5-26H,1-4H3. The van der Waals surface area contributed by atoms with Crippen molar-refractivity contribution < 1.29 is 9.59 Å². The number of rotatable bonds is 4. The van der Waals surface area contributed by atoms with Crippen molar-refractivity contribution in [1.29, 1.82) is 0 Å². The molecule has 0 N–H and O–H groups in total. The number of ketones is 2. The van der Waals surface area contributed by atoms with E-state index in [1.807, 2.05) is 72.8 Å². The lowest BCUT2D eigenvalue weighted by molar-refractivity contribution is 0.103. The van der Waals surface area contributed by atoms with Crippen LogP contribution in [-0.2, 0) is 10.8 Å². The van der Waals surface area contributed by atoms with Crippen LogP contribution >= 0.6 is 0 Å². The van der Waals surface area contributed by atoms with Gasteiger partial charge in [0, 0.05) is 33.1 Å². The predicted molar refractivity (Wildman–Crippen MR) is 196 cm³/mol. The molecule has 0 saturated carbocycles. The number of hydrogen-bond donors (Lipinski definition) is 0. The summed E-state index contributed by atoms with van der Waals surface area (Å²) in [4.78, 5) is 27.5. The quantitative estimate of drug-likeness (QED) is 0.184. The van der Waals surface area contributed by atoms with Gasteiger partial charge in [0.05, 0.1) is 0 Å². The molecule has 7 aromatic carbocycles. The number of benzene rings is 7. The molecule has 0 atom stereocenters. The normalized spacial score (nSPS) is 14.8. The molecule has 0 saturated heterocycles. The van der Waals surface area contributed by atoms with Crippen molar-refractivity contribution in [2.45, 2.75) is 38.5 Å². The summed E-state index contributed by atoms with van der Waals surface area (Å²) < 4.78 is 0. The van der Waals surface area contributed by atoms with Crippen LogP contribution in [0.25, 0.3) is 43.8 Å². The van der Waals surface area contributed by atoms with Gasteiger partial charge in [-0.15, -0.1) is 0 Å². The van der Waals surface area contributed by atoms with Crippen molar-refractivity contribution in [3.05, 3.63) is 178 Å². The minimum atomic E-state index is -0.280. The molecule has 7 aromatic rings. The van der Waals surface area contributed by atoms with Gasteiger partial charge in [-0.1, -0.05) is 125 Å². The van der Waals surface area contributed by atoms with Crippen LogP contribution in [0.5, 0.6) is 0 Å². The van der Waals surface area contributed by atoms with E-state index in [1.165, 1.54) is 44.5 Å². The largest absolute Gasteiger partial charge is 0.289 e. The van der Waals surface area contributed by atoms with Gasteiger partial charge in [0.25, 0.3) is 0 Å². The Labute approximate surface area is 280 Å². The molecule has 0 spiro atoms. The van der Waals surface area contributed by atoms with Crippen LogP contribution in [0.1, 0.15) is 81.8 Å². The lowest BCUT2D eigenvalue weighted by Gasteiger charge is -2.24. The number of carbonyl (C=O) groups is 2. The van der Waals surface area contributed by atoms with Crippen LogP contribution in [0.2, 0.25) is 0 Å². The SMILES string of the molecule is CC1(C)c2cc(C(=O)c3ccc4ccccc4c3)ccc2-c2cc3c(cc21)-c1ccc(C(=O)c2ccc4ccccc4c2)cc1C3(C)C. The predicted octanol–water partition coefficient (Wildman–Crippen LogP) is 11.1. The van der Waals surface area contributed by atoms with Crippen LogP contribution in [0.4, 0.5) is 0 Å². The van der Waals surface area contributed by atoms with E-state index in [0.29, 0.717) is 22.3 Å². The van der Waals surface area contributed by atoms with Gasteiger partial charge >= 0.3 is 0 Å². The van der Waals surface area contributed by atoms with Crippen LogP contribution in [0.15, 0.2) is 133 Å². The third-order valence-electron chi connectivity index (χ3n) is 11.0. The molecular formula is C46H34O2. The molecule has 0 aromatic heterocycles. The average molecular weight is 619 g/mol. The summed E-state index contributed by atoms with van der Waals surface area (Å²) in [6.07, 6.45) is 0. The van der Waals surface area contributed by atoms with Crippen molar-refractivity contribution in [3.8, 4) is 22.3 Å². The smallest absolute Gasteiger partial charge is 0.193 e. The molecule has 2 aliphatic rings. The van der Waals surface area contributed by atoms with Crippen LogP contribution in [0, 0.1) is 0 Å². The summed E-state index contributed by atoms with van der Waals surface area (Å²) in [6.45, 7) is 9.06. The second-order valence-electron chi connectivity index (χ2n) is 14.5. The number of carbonyl (C=O) groups excluding carboxylic acids is 2. The molecule has 9 rings (SSSR count). The summed E-state index contributed by atoms with van der Waals surface area (Å²) in [5.74, 6) is 0.0869. The molecule has 0 bridgehead atoms. The van der Waals surface area contributed by atoms with Gasteiger partial charge in [-0.05, 0) is 102 Å². The van der Waals surface area contributed by atoms with Crippen LogP contribution in [-0.4, -0.2) is 11.6 Å². The maximum absolute atomic E-state index is 13.8. The maximum atomic E-state index is 13.8. The summed E-state index contributed by atoms with van der Waals surface area (Å²) in [7, 11) is 0. The highest BCUT2D eigenvalue weighted by Gasteiger charge is 2.42. The molecule has 2 heteroatoms. The first kappa shape index (κ1) is 28.6. The van der Waals surface area contributed by atoms with E-state index < -0.39 is 0 Å². The Kier molecular flexibility index (Phi) is 5.93. The summed E-state index contributed by atoms with van der Waals surface area (Å²) in [6, 6.07) is 45.4. The Morgan fingerprint density at radius 2 is 0.688 bits per heavy atom. The zero-order chi connectivity index (χ0) is 32.9. The van der Waals surface area contributed by atoms with Crippen LogP contribution in [0.3, 0.4) is 0 Å². The minimum absolute atomic E-state index is 0.0434. The number of hydrogen-bond acceptors (Lipinski definition) is 2. The Hall–Kier alpha value is -5.60. The summed E-state index contributed by atoms with van der Waals surface area (Å²) >= 11 is 0. The van der Waals surface area contributed by atoms with Gasteiger partial charge < -0.3 is 0 Å². The molecule has 2 nitrogen and oxygen atoms in total. The first-order valence-electron chi connectivity index (χ1n) is 16.7. The van der Waals surface area contributed by atoms with Crippen molar-refractivity contribution in [2.24, 2.45) is 0 Å². The van der Waals surface area contributed by atoms with Crippen molar-refractivity contribution >= 4 is 33.1 Å². The van der Waals surface area contributed by atoms with E-state index in [1.54, 1.807) is 0 Å². The molecular weight excluding hydrogens is 585 g/mol. The Morgan fingerprint density at radius 1 is 0.354 bits per heavy atom. The Morgan fingerprint density at radius 3 is 1.10 bits per heavy atom. The van der Waals surface area contributed by atoms with Crippen molar-refractivity contribution in [2.75, 3.05) is 0 Å². The van der Waals surface area contributed by atoms with Gasteiger partial charge in [0.2, 0.25) is 0 Å². The molecule has 0 radical (unpaired) electrons. The van der Waals surface area contributed by atoms with Crippen LogP contribution < -0.4 is 0 Å². The Balaban J connectivity index is 1.09. The molecule has 0 unspecified atom stereocenters. The van der Waals surface area contributed by atoms with E-state index in [9.17, 15) is 9.59 Å². The zero-order valence-corrected chi connectivity index (χ0v) is 27.5. The topological polar surface area (TPSA) is 34.1 Å². The molecule has 2 aliphatic carbocycles. The van der Waals surface area contributed by atoms with Gasteiger partial charge in [0.1, 0.15) is 0 Å². The lowest BCUT2D eigenvalue weighted by atomic mass is 9.79. The third kappa shape index (κ3) is 4.05. The highest BCUT2D eigenvalue weighted by molar-refractivity contribution is 6.12. The minimum Gasteiger partial charge on any atom is -0.289 e. The fourth-order valence-corrected chi connectivity index (χ4v) is 8.24. The first-order valence-corrected chi connectivity index (χ1v) is 16.7. The van der Waals surface area contributed by atoms with E-state index in [4.69, 9.17) is 0 Å². The summed E-state index contributed by atoms with van der Waals surface area (Å²) in [5.41, 5.74) is 12.0. The molecule has 0 aliphatic heterocycles. The zero-order valence-electron chi connectivity index (χ0n) is 27.5. The monoisotopic (exact) mass is 618 g/mol. The molecule has 48 heavy (non-hydrogen) atoms. The Bertz CT molecular complexity index is 2370. The van der Waals surface area contributed by atoms with Gasteiger partial charge in [-0.3, -0.25) is 9.59 Å². The van der Waals surface area contributed by atoms with Gasteiger partial charge in [0.15, 0.2) is 11.6 Å². The maximum Gasteiger partial charge on any atom is 0.193 e. The highest BCUT2D eigenvalue weighted by Crippen LogP contribution is 2.56. The summed E-state index contributed by atoms with van der Waals surface area (Å²) in [5, 5.41) is 4.40. The highest BCUT2D eigenvalue weighted by atomic mass is 16.1. The second kappa shape index (κ2) is 9.95. The van der Waals surface area contributed by atoms with Crippen molar-refractivity contribution in [3.63, 3.8) is 0 Å². The fourth-order valence-electron chi connectivity index (χ4n) is 8.24. The second-order valence-corrected chi connectivity index (χ2v) is 14.5. The van der Waals surface area contributed by atoms with Crippen molar-refractivity contribution in [1.82, 2.24) is 0 Å². The van der Waals surface area contributed by atoms with E-state index in [-0.39, 0.29) is 22.4 Å². The van der Waals surface area contributed by atoms with E-state index in [2.05, 4.69) is 88.4 Å². The third-order valence-corrected chi connectivity index (χ3v) is 11.0. The van der Waals surface area contributed by atoms with Gasteiger partial charge in [-0.25, -0.2) is 0 Å². The lowest BCUT2D eigenvalue weighted by Crippen LogP contribution is -2.17.